The molecule has 1 aliphatic heterocycles. The second-order valence-electron chi connectivity index (χ2n) is 5.08. The van der Waals surface area contributed by atoms with Crippen LogP contribution < -0.4 is 5.32 Å². The number of amides is 1. The van der Waals surface area contributed by atoms with Crippen molar-refractivity contribution in [1.82, 2.24) is 4.90 Å². The van der Waals surface area contributed by atoms with Crippen LogP contribution in [0, 0.1) is 5.82 Å². The summed E-state index contributed by atoms with van der Waals surface area (Å²) in [7, 11) is 1.13. The maximum Gasteiger partial charge on any atom is 0.337 e. The van der Waals surface area contributed by atoms with Crippen LogP contribution in [0.5, 0.6) is 0 Å². The van der Waals surface area contributed by atoms with Gasteiger partial charge >= 0.3 is 5.97 Å². The highest BCUT2D eigenvalue weighted by Crippen LogP contribution is 2.33. The van der Waals surface area contributed by atoms with Gasteiger partial charge in [-0.15, -0.1) is 0 Å². The molecule has 1 amide bonds. The molecule has 0 fully saturated rings. The third-order valence-electron chi connectivity index (χ3n) is 3.52. The molecule has 1 heterocycles. The summed E-state index contributed by atoms with van der Waals surface area (Å²) in [6.07, 6.45) is -2.86. The third-order valence-corrected chi connectivity index (χ3v) is 4.15. The highest BCUT2D eigenvalue weighted by molar-refractivity contribution is 9.10. The third kappa shape index (κ3) is 3.96. The Kier molecular flexibility index (Phi) is 6.07. The number of carbonyl (C=O) groups excluding carboxylic acids is 2. The Morgan fingerprint density at radius 3 is 2.68 bits per heavy atom. The monoisotopic (exact) mass is 422 g/mol. The first-order valence-electron chi connectivity index (χ1n) is 7.05. The van der Waals surface area contributed by atoms with Crippen molar-refractivity contribution in [3.63, 3.8) is 0 Å². The molecule has 0 saturated heterocycles. The van der Waals surface area contributed by atoms with E-state index in [9.17, 15) is 22.8 Å². The van der Waals surface area contributed by atoms with Crippen LogP contribution in [0.2, 0.25) is 0 Å². The Labute approximate surface area is 149 Å². The van der Waals surface area contributed by atoms with Crippen molar-refractivity contribution >= 4 is 33.5 Å². The van der Waals surface area contributed by atoms with Crippen LogP contribution in [-0.2, 0) is 14.3 Å². The Bertz CT molecular complexity index is 716. The van der Waals surface area contributed by atoms with E-state index in [2.05, 4.69) is 26.0 Å². The molecule has 1 aliphatic rings. The van der Waals surface area contributed by atoms with Crippen LogP contribution in [0.3, 0.4) is 0 Å². The number of nitrogens with zero attached hydrogens (tertiary/aromatic N) is 1. The van der Waals surface area contributed by atoms with Crippen LogP contribution in [0.4, 0.5) is 18.9 Å². The maximum absolute atomic E-state index is 14.2. The van der Waals surface area contributed by atoms with Gasteiger partial charge in [-0.05, 0) is 28.1 Å². The number of alkyl halides is 2. The maximum atomic E-state index is 14.2. The van der Waals surface area contributed by atoms with Crippen molar-refractivity contribution < 1.29 is 32.6 Å². The molecular formula is C15H14BrF3N2O4. The van der Waals surface area contributed by atoms with E-state index in [4.69, 9.17) is 5.11 Å². The number of esters is 1. The summed E-state index contributed by atoms with van der Waals surface area (Å²) >= 11 is 2.97. The van der Waals surface area contributed by atoms with Crippen molar-refractivity contribution in [2.75, 3.05) is 32.1 Å². The normalized spacial score (nSPS) is 14.5. The molecule has 6 nitrogen and oxygen atoms in total. The van der Waals surface area contributed by atoms with Crippen LogP contribution in [0.15, 0.2) is 27.9 Å². The van der Waals surface area contributed by atoms with Gasteiger partial charge in [-0.2, -0.15) is 0 Å². The van der Waals surface area contributed by atoms with E-state index in [0.717, 1.165) is 13.2 Å². The number of nitrogens with one attached hydrogen (secondary N) is 1. The van der Waals surface area contributed by atoms with Gasteiger partial charge in [-0.1, -0.05) is 0 Å². The zero-order chi connectivity index (χ0) is 18.7. The number of aliphatic hydroxyl groups is 1. The fraction of sp³-hybridized carbons (Fsp3) is 0.333. The summed E-state index contributed by atoms with van der Waals surface area (Å²) in [4.78, 5) is 25.4. The molecule has 0 bridgehead atoms. The number of carbonyl (C=O) groups is 2. The van der Waals surface area contributed by atoms with Gasteiger partial charge in [0, 0.05) is 16.6 Å². The van der Waals surface area contributed by atoms with Gasteiger partial charge in [0.15, 0.2) is 0 Å². The van der Waals surface area contributed by atoms with Gasteiger partial charge in [-0.3, -0.25) is 4.79 Å². The van der Waals surface area contributed by atoms with Crippen molar-refractivity contribution in [2.24, 2.45) is 0 Å². The minimum absolute atomic E-state index is 0.0293. The van der Waals surface area contributed by atoms with Crippen molar-refractivity contribution in [3.8, 4) is 0 Å². The molecule has 0 saturated carbocycles. The Balaban J connectivity index is 2.42. The van der Waals surface area contributed by atoms with Crippen LogP contribution in [0.1, 0.15) is 12.0 Å². The van der Waals surface area contributed by atoms with Crippen molar-refractivity contribution in [2.45, 2.75) is 6.43 Å². The number of aliphatic hydroxyl groups excluding tert-OH is 1. The molecule has 136 valence electrons. The highest BCUT2D eigenvalue weighted by Gasteiger charge is 2.35. The van der Waals surface area contributed by atoms with Crippen LogP contribution in [0.25, 0.3) is 0 Å². The number of β-amino-alcohol motifs (C(OH)–C–C–N with tert-alkyl or cyclic N) is 1. The standard InChI is InChI=1S/C15H14BrF3N2O4/c1-25-15(24)8-6-21(2-3-22)14(23)11(8)20-12-9(16)4-7(13(18)19)5-10(12)17/h4-5,13,20,22H,2-3,6H2,1H3. The van der Waals surface area contributed by atoms with Gasteiger partial charge < -0.3 is 20.1 Å². The molecule has 0 unspecified atom stereocenters. The number of ether oxygens (including phenoxy) is 1. The second kappa shape index (κ2) is 7.87. The topological polar surface area (TPSA) is 78.9 Å². The molecule has 1 aromatic rings. The molecule has 0 atom stereocenters. The van der Waals surface area contributed by atoms with Gasteiger partial charge in [-0.25, -0.2) is 18.0 Å². The predicted octanol–water partition coefficient (Wildman–Crippen LogP) is 2.20. The quantitative estimate of drug-likeness (QED) is 0.687. The number of methoxy groups -OCH3 is 1. The lowest BCUT2D eigenvalue weighted by Gasteiger charge is -2.16. The number of halogens is 4. The molecule has 0 aliphatic carbocycles. The minimum atomic E-state index is -2.86. The Hall–Kier alpha value is -2.07. The first-order chi connectivity index (χ1) is 11.8. The molecule has 2 rings (SSSR count). The molecule has 0 radical (unpaired) electrons. The first-order valence-corrected chi connectivity index (χ1v) is 7.85. The molecule has 0 spiro atoms. The predicted molar refractivity (Wildman–Crippen MR) is 85.4 cm³/mol. The Morgan fingerprint density at radius 1 is 1.48 bits per heavy atom. The van der Waals surface area contributed by atoms with E-state index in [0.29, 0.717) is 6.07 Å². The van der Waals surface area contributed by atoms with Gasteiger partial charge in [0.25, 0.3) is 12.3 Å². The van der Waals surface area contributed by atoms with E-state index in [1.165, 1.54) is 4.90 Å². The summed E-state index contributed by atoms with van der Waals surface area (Å²) in [6.45, 7) is -0.476. The lowest BCUT2D eigenvalue weighted by Crippen LogP contribution is -2.31. The van der Waals surface area contributed by atoms with Crippen molar-refractivity contribution in [1.29, 1.82) is 0 Å². The zero-order valence-corrected chi connectivity index (χ0v) is 14.6. The summed E-state index contributed by atoms with van der Waals surface area (Å²) in [5.41, 5.74) is -1.08. The lowest BCUT2D eigenvalue weighted by atomic mass is 10.2. The molecule has 25 heavy (non-hydrogen) atoms. The zero-order valence-electron chi connectivity index (χ0n) is 13.0. The van der Waals surface area contributed by atoms with E-state index < -0.39 is 29.7 Å². The van der Waals surface area contributed by atoms with Crippen molar-refractivity contribution in [3.05, 3.63) is 39.3 Å². The van der Waals surface area contributed by atoms with Gasteiger partial charge in [0.1, 0.15) is 11.5 Å². The van der Waals surface area contributed by atoms with Crippen LogP contribution in [-0.4, -0.2) is 48.7 Å². The summed E-state index contributed by atoms with van der Waals surface area (Å²) in [6, 6.07) is 1.65. The molecule has 1 aromatic carbocycles. The lowest BCUT2D eigenvalue weighted by molar-refractivity contribution is -0.136. The second-order valence-corrected chi connectivity index (χ2v) is 5.94. The molecule has 0 aromatic heterocycles. The SMILES string of the molecule is COC(=O)C1=C(Nc2c(F)cc(C(F)F)cc2Br)C(=O)N(CCO)C1. The van der Waals surface area contributed by atoms with E-state index in [-0.39, 0.29) is 41.1 Å². The number of hydrogen-bond acceptors (Lipinski definition) is 5. The fourth-order valence-corrected chi connectivity index (χ4v) is 2.86. The van der Waals surface area contributed by atoms with E-state index in [1.807, 2.05) is 0 Å². The van der Waals surface area contributed by atoms with Gasteiger partial charge in [0.05, 0.1) is 31.5 Å². The molecular weight excluding hydrogens is 409 g/mol. The number of hydrogen-bond donors (Lipinski definition) is 2. The average molecular weight is 423 g/mol. The number of anilines is 1. The van der Waals surface area contributed by atoms with E-state index >= 15 is 0 Å². The Morgan fingerprint density at radius 2 is 2.16 bits per heavy atom. The average Bonchev–Trinajstić information content (AvgIpc) is 2.86. The minimum Gasteiger partial charge on any atom is -0.466 e. The largest absolute Gasteiger partial charge is 0.466 e. The molecule has 2 N–H and O–H groups in total. The van der Waals surface area contributed by atoms with Crippen LogP contribution >= 0.6 is 15.9 Å². The highest BCUT2D eigenvalue weighted by atomic mass is 79.9. The molecule has 10 heteroatoms. The number of benzene rings is 1. The smallest absolute Gasteiger partial charge is 0.337 e. The van der Waals surface area contributed by atoms with E-state index in [1.54, 1.807) is 0 Å². The van der Waals surface area contributed by atoms with Gasteiger partial charge in [0.2, 0.25) is 0 Å². The first kappa shape index (κ1) is 19.3. The summed E-state index contributed by atoms with van der Waals surface area (Å²) in [5, 5.41) is 11.5. The summed E-state index contributed by atoms with van der Waals surface area (Å²) < 4.78 is 44.2. The summed E-state index contributed by atoms with van der Waals surface area (Å²) in [5.74, 6) is -2.45. The fourth-order valence-electron chi connectivity index (χ4n) is 2.31. The number of rotatable bonds is 6.